The van der Waals surface area contributed by atoms with Crippen LogP contribution in [0, 0.1) is 11.3 Å². The van der Waals surface area contributed by atoms with Gasteiger partial charge in [-0.2, -0.15) is 0 Å². The monoisotopic (exact) mass is 260 g/mol. The van der Waals surface area contributed by atoms with Gasteiger partial charge in [0, 0.05) is 18.5 Å². The van der Waals surface area contributed by atoms with E-state index in [1.807, 2.05) is 0 Å². The number of alkyl halides is 1. The highest BCUT2D eigenvalue weighted by Gasteiger charge is 2.31. The van der Waals surface area contributed by atoms with E-state index in [-0.39, 0.29) is 6.03 Å². The number of hydrogen-bond donors (Lipinski definition) is 2. The van der Waals surface area contributed by atoms with Gasteiger partial charge in [0.1, 0.15) is 0 Å². The molecule has 3 nitrogen and oxygen atoms in total. The fourth-order valence-corrected chi connectivity index (χ4v) is 2.60. The minimum absolute atomic E-state index is 0.0785. The number of nitrogens with one attached hydrogen (secondary N) is 2. The molecule has 0 aromatic rings. The summed E-state index contributed by atoms with van der Waals surface area (Å²) in [6, 6.07) is 0.244. The van der Waals surface area contributed by atoms with Crippen molar-refractivity contribution in [3.8, 4) is 0 Å². The van der Waals surface area contributed by atoms with Gasteiger partial charge in [0.05, 0.1) is 0 Å². The zero-order valence-electron chi connectivity index (χ0n) is 11.2. The first-order valence-corrected chi connectivity index (χ1v) is 7.07. The van der Waals surface area contributed by atoms with Crippen molar-refractivity contribution in [2.24, 2.45) is 11.3 Å². The summed E-state index contributed by atoms with van der Waals surface area (Å²) in [7, 11) is 0. The number of urea groups is 1. The normalized spacial score (nSPS) is 25.4. The summed E-state index contributed by atoms with van der Waals surface area (Å²) >= 11 is 5.53. The minimum atomic E-state index is -0.0785. The van der Waals surface area contributed by atoms with Crippen LogP contribution in [0.1, 0.15) is 46.5 Å². The molecular formula is C13H25ClN2O. The van der Waals surface area contributed by atoms with Crippen LogP contribution in [0.2, 0.25) is 0 Å². The molecular weight excluding hydrogens is 236 g/mol. The summed E-state index contributed by atoms with van der Waals surface area (Å²) < 4.78 is 0. The van der Waals surface area contributed by atoms with Gasteiger partial charge in [-0.05, 0) is 30.6 Å². The van der Waals surface area contributed by atoms with Crippen LogP contribution >= 0.6 is 11.6 Å². The third-order valence-corrected chi connectivity index (χ3v) is 3.80. The molecule has 0 saturated heterocycles. The summed E-state index contributed by atoms with van der Waals surface area (Å²) in [6.45, 7) is 7.39. The van der Waals surface area contributed by atoms with Gasteiger partial charge in [0.25, 0.3) is 0 Å². The topological polar surface area (TPSA) is 41.1 Å². The zero-order chi connectivity index (χ0) is 12.9. The van der Waals surface area contributed by atoms with E-state index in [4.69, 9.17) is 11.6 Å². The van der Waals surface area contributed by atoms with E-state index in [1.165, 1.54) is 12.8 Å². The Labute approximate surface area is 110 Å². The first-order valence-electron chi connectivity index (χ1n) is 6.54. The van der Waals surface area contributed by atoms with Crippen LogP contribution in [0.25, 0.3) is 0 Å². The van der Waals surface area contributed by atoms with Gasteiger partial charge >= 0.3 is 6.03 Å². The Morgan fingerprint density at radius 2 is 2.06 bits per heavy atom. The lowest BCUT2D eigenvalue weighted by atomic mass is 9.71. The molecule has 0 aromatic carbocycles. The van der Waals surface area contributed by atoms with E-state index in [0.717, 1.165) is 12.8 Å². The SMILES string of the molecule is CC(C)(C)[C@@H]1CCC[C@H](NC(=O)NCCCl)C1. The summed E-state index contributed by atoms with van der Waals surface area (Å²) in [5.74, 6) is 1.16. The number of halogens is 1. The van der Waals surface area contributed by atoms with Gasteiger partial charge in [-0.3, -0.25) is 0 Å². The summed E-state index contributed by atoms with van der Waals surface area (Å²) in [5.41, 5.74) is 0.340. The van der Waals surface area contributed by atoms with Gasteiger partial charge in [-0.15, -0.1) is 11.6 Å². The molecule has 17 heavy (non-hydrogen) atoms. The average molecular weight is 261 g/mol. The smallest absolute Gasteiger partial charge is 0.315 e. The van der Waals surface area contributed by atoms with Crippen LogP contribution in [-0.4, -0.2) is 24.5 Å². The third kappa shape index (κ3) is 5.15. The quantitative estimate of drug-likeness (QED) is 0.752. The number of rotatable bonds is 3. The fourth-order valence-electron chi connectivity index (χ4n) is 2.50. The molecule has 2 N–H and O–H groups in total. The molecule has 0 bridgehead atoms. The molecule has 0 spiro atoms. The lowest BCUT2D eigenvalue weighted by molar-refractivity contribution is 0.154. The summed E-state index contributed by atoms with van der Waals surface area (Å²) in [4.78, 5) is 11.5. The van der Waals surface area contributed by atoms with Crippen molar-refractivity contribution in [3.05, 3.63) is 0 Å². The van der Waals surface area contributed by atoms with Gasteiger partial charge in [-0.25, -0.2) is 4.79 Å². The largest absolute Gasteiger partial charge is 0.337 e. The van der Waals surface area contributed by atoms with E-state index in [2.05, 4.69) is 31.4 Å². The molecule has 1 aliphatic carbocycles. The van der Waals surface area contributed by atoms with Crippen molar-refractivity contribution < 1.29 is 4.79 Å². The van der Waals surface area contributed by atoms with Crippen molar-refractivity contribution in [1.82, 2.24) is 10.6 Å². The second kappa shape index (κ2) is 6.48. The van der Waals surface area contributed by atoms with Gasteiger partial charge in [0.15, 0.2) is 0 Å². The molecule has 100 valence electrons. The lowest BCUT2D eigenvalue weighted by Gasteiger charge is -2.37. The molecule has 1 saturated carbocycles. The van der Waals surface area contributed by atoms with E-state index >= 15 is 0 Å². The second-order valence-corrected chi connectivity index (χ2v) is 6.39. The molecule has 0 aromatic heterocycles. The molecule has 1 aliphatic rings. The predicted octanol–water partition coefficient (Wildman–Crippen LogP) is 3.13. The minimum Gasteiger partial charge on any atom is -0.337 e. The van der Waals surface area contributed by atoms with Gasteiger partial charge in [-0.1, -0.05) is 27.2 Å². The van der Waals surface area contributed by atoms with Crippen LogP contribution in [0.4, 0.5) is 4.79 Å². The van der Waals surface area contributed by atoms with Crippen molar-refractivity contribution in [1.29, 1.82) is 0 Å². The Morgan fingerprint density at radius 3 is 2.65 bits per heavy atom. The first-order chi connectivity index (χ1) is 7.93. The highest BCUT2D eigenvalue weighted by molar-refractivity contribution is 6.18. The molecule has 4 heteroatoms. The number of amides is 2. The van der Waals surface area contributed by atoms with Crippen LogP contribution < -0.4 is 10.6 Å². The van der Waals surface area contributed by atoms with Crippen LogP contribution in [-0.2, 0) is 0 Å². The maximum atomic E-state index is 11.5. The molecule has 2 atom stereocenters. The van der Waals surface area contributed by atoms with E-state index in [1.54, 1.807) is 0 Å². The number of carbonyl (C=O) groups is 1. The van der Waals surface area contributed by atoms with E-state index in [0.29, 0.717) is 29.8 Å². The zero-order valence-corrected chi connectivity index (χ0v) is 11.9. The maximum absolute atomic E-state index is 11.5. The lowest BCUT2D eigenvalue weighted by Crippen LogP contribution is -2.45. The molecule has 0 aliphatic heterocycles. The molecule has 1 fully saturated rings. The van der Waals surface area contributed by atoms with Gasteiger partial charge < -0.3 is 10.6 Å². The van der Waals surface area contributed by atoms with Crippen molar-refractivity contribution in [2.45, 2.75) is 52.5 Å². The second-order valence-electron chi connectivity index (χ2n) is 6.02. The third-order valence-electron chi connectivity index (χ3n) is 3.61. The fraction of sp³-hybridized carbons (Fsp3) is 0.923. The first kappa shape index (κ1) is 14.6. The Hall–Kier alpha value is -0.440. The van der Waals surface area contributed by atoms with Crippen LogP contribution in [0.5, 0.6) is 0 Å². The van der Waals surface area contributed by atoms with E-state index in [9.17, 15) is 4.79 Å². The Balaban J connectivity index is 2.37. The van der Waals surface area contributed by atoms with Gasteiger partial charge in [0.2, 0.25) is 0 Å². The highest BCUT2D eigenvalue weighted by atomic mass is 35.5. The standard InChI is InChI=1S/C13H25ClN2O/c1-13(2,3)10-5-4-6-11(9-10)16-12(17)15-8-7-14/h10-11H,4-9H2,1-3H3,(H2,15,16,17)/t10-,11+/m1/s1. The Kier molecular flexibility index (Phi) is 5.57. The maximum Gasteiger partial charge on any atom is 0.315 e. The summed E-state index contributed by atoms with van der Waals surface area (Å²) in [6.07, 6.45) is 4.69. The highest BCUT2D eigenvalue weighted by Crippen LogP contribution is 2.37. The Bertz CT molecular complexity index is 250. The number of hydrogen-bond acceptors (Lipinski definition) is 1. The molecule has 0 radical (unpaired) electrons. The molecule has 0 unspecified atom stereocenters. The molecule has 0 heterocycles. The van der Waals surface area contributed by atoms with E-state index < -0.39 is 0 Å². The van der Waals surface area contributed by atoms with Crippen LogP contribution in [0.15, 0.2) is 0 Å². The van der Waals surface area contributed by atoms with Crippen molar-refractivity contribution in [3.63, 3.8) is 0 Å². The average Bonchev–Trinajstić information content (AvgIpc) is 2.25. The van der Waals surface area contributed by atoms with Crippen molar-refractivity contribution in [2.75, 3.05) is 12.4 Å². The molecule has 1 rings (SSSR count). The number of carbonyl (C=O) groups excluding carboxylic acids is 1. The predicted molar refractivity (Wildman–Crippen MR) is 72.5 cm³/mol. The van der Waals surface area contributed by atoms with Crippen LogP contribution in [0.3, 0.4) is 0 Å². The summed E-state index contributed by atoms with van der Waals surface area (Å²) in [5, 5.41) is 5.80. The molecule has 2 amide bonds. The Morgan fingerprint density at radius 1 is 1.35 bits per heavy atom. The van der Waals surface area contributed by atoms with Crippen molar-refractivity contribution >= 4 is 17.6 Å².